The SMILES string of the molecule is CCNC1CCC(N2CCCC(C(F)(F)F)C2)CC1. The highest BCUT2D eigenvalue weighted by molar-refractivity contribution is 4.87. The molecule has 2 fully saturated rings. The summed E-state index contributed by atoms with van der Waals surface area (Å²) < 4.78 is 38.4. The van der Waals surface area contributed by atoms with E-state index in [0.717, 1.165) is 38.8 Å². The lowest BCUT2D eigenvalue weighted by molar-refractivity contribution is -0.189. The van der Waals surface area contributed by atoms with Gasteiger partial charge in [0.25, 0.3) is 0 Å². The fraction of sp³-hybridized carbons (Fsp3) is 1.00. The summed E-state index contributed by atoms with van der Waals surface area (Å²) in [5, 5.41) is 3.44. The Balaban J connectivity index is 1.82. The van der Waals surface area contributed by atoms with Gasteiger partial charge in [0.1, 0.15) is 0 Å². The number of hydrogen-bond acceptors (Lipinski definition) is 2. The fourth-order valence-corrected chi connectivity index (χ4v) is 3.54. The maximum absolute atomic E-state index is 12.8. The zero-order chi connectivity index (χ0) is 13.9. The lowest BCUT2D eigenvalue weighted by Crippen LogP contribution is -2.49. The molecule has 1 N–H and O–H groups in total. The van der Waals surface area contributed by atoms with Gasteiger partial charge in [-0.2, -0.15) is 13.2 Å². The summed E-state index contributed by atoms with van der Waals surface area (Å²) in [5.74, 6) is -1.10. The Morgan fingerprint density at radius 2 is 1.79 bits per heavy atom. The molecule has 0 amide bonds. The van der Waals surface area contributed by atoms with Gasteiger partial charge in [-0.15, -0.1) is 0 Å². The molecule has 5 heteroatoms. The first-order chi connectivity index (χ1) is 9.00. The third-order valence-corrected chi connectivity index (χ3v) is 4.62. The standard InChI is InChI=1S/C14H25F3N2/c1-2-18-12-5-7-13(8-6-12)19-9-3-4-11(10-19)14(15,16)17/h11-13,18H,2-10H2,1H3. The molecular formula is C14H25F3N2. The lowest BCUT2D eigenvalue weighted by Gasteiger charge is -2.41. The molecule has 112 valence electrons. The van der Waals surface area contributed by atoms with Crippen LogP contribution in [0.4, 0.5) is 13.2 Å². The van der Waals surface area contributed by atoms with Crippen molar-refractivity contribution >= 4 is 0 Å². The Labute approximate surface area is 113 Å². The normalized spacial score (nSPS) is 34.4. The van der Waals surface area contributed by atoms with E-state index in [4.69, 9.17) is 0 Å². The van der Waals surface area contributed by atoms with Crippen molar-refractivity contribution in [2.75, 3.05) is 19.6 Å². The van der Waals surface area contributed by atoms with Crippen molar-refractivity contribution in [3.05, 3.63) is 0 Å². The minimum absolute atomic E-state index is 0.222. The molecule has 0 aromatic heterocycles. The predicted molar refractivity (Wildman–Crippen MR) is 70.1 cm³/mol. The number of alkyl halides is 3. The van der Waals surface area contributed by atoms with Crippen LogP contribution in [-0.4, -0.2) is 42.8 Å². The monoisotopic (exact) mass is 278 g/mol. The van der Waals surface area contributed by atoms with Gasteiger partial charge in [-0.1, -0.05) is 6.92 Å². The molecule has 0 radical (unpaired) electrons. The molecular weight excluding hydrogens is 253 g/mol. The number of likely N-dealkylation sites (tertiary alicyclic amines) is 1. The molecule has 1 aliphatic heterocycles. The van der Waals surface area contributed by atoms with Gasteiger partial charge < -0.3 is 5.32 Å². The largest absolute Gasteiger partial charge is 0.393 e. The Hall–Kier alpha value is -0.290. The first-order valence-corrected chi connectivity index (χ1v) is 7.55. The Bertz CT molecular complexity index is 272. The van der Waals surface area contributed by atoms with Crippen molar-refractivity contribution in [3.8, 4) is 0 Å². The minimum atomic E-state index is -4.01. The summed E-state index contributed by atoms with van der Waals surface area (Å²) in [4.78, 5) is 2.10. The van der Waals surface area contributed by atoms with Crippen LogP contribution in [0.5, 0.6) is 0 Å². The average Bonchev–Trinajstić information content (AvgIpc) is 2.39. The molecule has 2 aliphatic rings. The summed E-state index contributed by atoms with van der Waals surface area (Å²) in [6.07, 6.45) is 1.28. The zero-order valence-corrected chi connectivity index (χ0v) is 11.7. The van der Waals surface area contributed by atoms with Crippen LogP contribution in [-0.2, 0) is 0 Å². The highest BCUT2D eigenvalue weighted by Gasteiger charge is 2.43. The summed E-state index contributed by atoms with van der Waals surface area (Å²) in [6, 6.07) is 0.949. The molecule has 1 unspecified atom stereocenters. The smallest absolute Gasteiger partial charge is 0.314 e. The van der Waals surface area contributed by atoms with Crippen LogP contribution in [0.15, 0.2) is 0 Å². The summed E-state index contributed by atoms with van der Waals surface area (Å²) >= 11 is 0. The van der Waals surface area contributed by atoms with Crippen molar-refractivity contribution < 1.29 is 13.2 Å². The zero-order valence-electron chi connectivity index (χ0n) is 11.7. The van der Waals surface area contributed by atoms with E-state index in [0.29, 0.717) is 24.9 Å². The highest BCUT2D eigenvalue weighted by Crippen LogP contribution is 2.35. The Morgan fingerprint density at radius 3 is 2.37 bits per heavy atom. The predicted octanol–water partition coefficient (Wildman–Crippen LogP) is 3.18. The van der Waals surface area contributed by atoms with Crippen molar-refractivity contribution in [1.82, 2.24) is 10.2 Å². The fourth-order valence-electron chi connectivity index (χ4n) is 3.54. The van der Waals surface area contributed by atoms with Crippen LogP contribution in [0.2, 0.25) is 0 Å². The second kappa shape index (κ2) is 6.44. The van der Waals surface area contributed by atoms with E-state index in [9.17, 15) is 13.2 Å². The summed E-state index contributed by atoms with van der Waals surface area (Å²) in [5.41, 5.74) is 0. The number of nitrogens with zero attached hydrogens (tertiary/aromatic N) is 1. The van der Waals surface area contributed by atoms with Gasteiger partial charge >= 0.3 is 6.18 Å². The molecule has 0 aromatic carbocycles. The van der Waals surface area contributed by atoms with Crippen LogP contribution >= 0.6 is 0 Å². The van der Waals surface area contributed by atoms with Crippen molar-refractivity contribution in [3.63, 3.8) is 0 Å². The molecule has 2 rings (SSSR count). The number of piperidine rings is 1. The summed E-state index contributed by atoms with van der Waals surface area (Å²) in [6.45, 7) is 4.16. The number of rotatable bonds is 3. The van der Waals surface area contributed by atoms with E-state index in [1.165, 1.54) is 0 Å². The minimum Gasteiger partial charge on any atom is -0.314 e. The third-order valence-electron chi connectivity index (χ3n) is 4.62. The maximum atomic E-state index is 12.8. The van der Waals surface area contributed by atoms with Gasteiger partial charge in [0, 0.05) is 18.6 Å². The van der Waals surface area contributed by atoms with E-state index in [2.05, 4.69) is 17.1 Å². The lowest BCUT2D eigenvalue weighted by atomic mass is 9.87. The second-order valence-electron chi connectivity index (χ2n) is 5.94. The first-order valence-electron chi connectivity index (χ1n) is 7.55. The molecule has 1 aliphatic carbocycles. The molecule has 0 spiro atoms. The van der Waals surface area contributed by atoms with E-state index < -0.39 is 12.1 Å². The molecule has 1 atom stereocenters. The average molecular weight is 278 g/mol. The summed E-state index contributed by atoms with van der Waals surface area (Å²) in [7, 11) is 0. The molecule has 2 nitrogen and oxygen atoms in total. The molecule has 1 saturated heterocycles. The van der Waals surface area contributed by atoms with Gasteiger partial charge in [0.2, 0.25) is 0 Å². The van der Waals surface area contributed by atoms with Crippen LogP contribution in [0.25, 0.3) is 0 Å². The van der Waals surface area contributed by atoms with Crippen LogP contribution in [0.3, 0.4) is 0 Å². The van der Waals surface area contributed by atoms with Crippen molar-refractivity contribution in [1.29, 1.82) is 0 Å². The van der Waals surface area contributed by atoms with Crippen LogP contribution in [0, 0.1) is 5.92 Å². The molecule has 19 heavy (non-hydrogen) atoms. The third kappa shape index (κ3) is 4.09. The number of nitrogens with one attached hydrogen (secondary N) is 1. The van der Waals surface area contributed by atoms with Crippen LogP contribution in [0.1, 0.15) is 45.4 Å². The van der Waals surface area contributed by atoms with Crippen LogP contribution < -0.4 is 5.32 Å². The Kier molecular flexibility index (Phi) is 5.12. The molecule has 1 saturated carbocycles. The van der Waals surface area contributed by atoms with Gasteiger partial charge in [-0.3, -0.25) is 4.90 Å². The highest BCUT2D eigenvalue weighted by atomic mass is 19.4. The molecule has 0 bridgehead atoms. The number of hydrogen-bond donors (Lipinski definition) is 1. The van der Waals surface area contributed by atoms with Gasteiger partial charge in [0.05, 0.1) is 5.92 Å². The maximum Gasteiger partial charge on any atom is 0.393 e. The van der Waals surface area contributed by atoms with Gasteiger partial charge in [-0.25, -0.2) is 0 Å². The van der Waals surface area contributed by atoms with E-state index in [1.54, 1.807) is 0 Å². The van der Waals surface area contributed by atoms with Crippen molar-refractivity contribution in [2.24, 2.45) is 5.92 Å². The second-order valence-corrected chi connectivity index (χ2v) is 5.94. The molecule has 1 heterocycles. The number of halogens is 3. The van der Waals surface area contributed by atoms with Crippen molar-refractivity contribution in [2.45, 2.75) is 63.7 Å². The van der Waals surface area contributed by atoms with Gasteiger partial charge in [0.15, 0.2) is 0 Å². The van der Waals surface area contributed by atoms with E-state index in [-0.39, 0.29) is 6.54 Å². The topological polar surface area (TPSA) is 15.3 Å². The Morgan fingerprint density at radius 1 is 1.11 bits per heavy atom. The molecule has 0 aromatic rings. The quantitative estimate of drug-likeness (QED) is 0.853. The van der Waals surface area contributed by atoms with E-state index >= 15 is 0 Å². The first kappa shape index (κ1) is 15.1. The van der Waals surface area contributed by atoms with E-state index in [1.807, 2.05) is 0 Å². The van der Waals surface area contributed by atoms with Gasteiger partial charge in [-0.05, 0) is 51.6 Å².